The number of nitrogens with zero attached hydrogens (tertiary/aromatic N) is 3. The summed E-state index contributed by atoms with van der Waals surface area (Å²) in [6.07, 6.45) is -0.167. The van der Waals surface area contributed by atoms with Gasteiger partial charge in [0.2, 0.25) is 5.91 Å². The molecule has 0 spiro atoms. The number of non-ortho nitro benzene ring substituents is 1. The van der Waals surface area contributed by atoms with E-state index >= 15 is 0 Å². The molecule has 0 fully saturated rings. The Kier molecular flexibility index (Phi) is 5.35. The molecule has 0 radical (unpaired) electrons. The molecule has 0 bridgehead atoms. The zero-order chi connectivity index (χ0) is 23.0. The minimum Gasteiger partial charge on any atom is -0.497 e. The Labute approximate surface area is 183 Å². The number of carbonyl (C=O) groups is 2. The Hall–Kier alpha value is -4.21. The average molecular weight is 435 g/mol. The van der Waals surface area contributed by atoms with Crippen molar-refractivity contribution in [3.8, 4) is 16.9 Å². The molecule has 0 aliphatic carbocycles. The third-order valence-corrected chi connectivity index (χ3v) is 5.37. The van der Waals surface area contributed by atoms with Crippen LogP contribution < -0.4 is 15.4 Å². The Morgan fingerprint density at radius 1 is 1.28 bits per heavy atom. The van der Waals surface area contributed by atoms with Crippen molar-refractivity contribution in [1.82, 2.24) is 9.78 Å². The van der Waals surface area contributed by atoms with E-state index in [1.807, 2.05) is 31.2 Å². The van der Waals surface area contributed by atoms with Gasteiger partial charge in [-0.05, 0) is 37.1 Å². The highest BCUT2D eigenvalue weighted by Gasteiger charge is 2.36. The fourth-order valence-electron chi connectivity index (χ4n) is 3.74. The molecule has 1 atom stereocenters. The molecule has 2 heterocycles. The lowest BCUT2D eigenvalue weighted by molar-refractivity contribution is -0.384. The van der Waals surface area contributed by atoms with Gasteiger partial charge in [0.05, 0.1) is 29.8 Å². The summed E-state index contributed by atoms with van der Waals surface area (Å²) in [6, 6.07) is 10.8. The first-order chi connectivity index (χ1) is 15.3. The van der Waals surface area contributed by atoms with Gasteiger partial charge in [0.25, 0.3) is 11.6 Å². The predicted molar refractivity (Wildman–Crippen MR) is 118 cm³/mol. The summed E-state index contributed by atoms with van der Waals surface area (Å²) in [6.45, 7) is 3.56. The van der Waals surface area contributed by atoms with Crippen LogP contribution in [-0.2, 0) is 9.59 Å². The molecular weight excluding hydrogens is 414 g/mol. The first-order valence-corrected chi connectivity index (χ1v) is 9.87. The van der Waals surface area contributed by atoms with Gasteiger partial charge in [0.1, 0.15) is 17.6 Å². The third-order valence-electron chi connectivity index (χ3n) is 5.37. The van der Waals surface area contributed by atoms with E-state index in [4.69, 9.17) is 4.74 Å². The van der Waals surface area contributed by atoms with Gasteiger partial charge in [-0.15, -0.1) is 0 Å². The summed E-state index contributed by atoms with van der Waals surface area (Å²) in [4.78, 5) is 35.8. The first-order valence-electron chi connectivity index (χ1n) is 9.87. The zero-order valence-corrected chi connectivity index (χ0v) is 17.7. The molecule has 10 heteroatoms. The van der Waals surface area contributed by atoms with Crippen molar-refractivity contribution < 1.29 is 19.2 Å². The summed E-state index contributed by atoms with van der Waals surface area (Å²) in [7, 11) is 1.58. The van der Waals surface area contributed by atoms with Crippen molar-refractivity contribution in [1.29, 1.82) is 0 Å². The Bertz CT molecular complexity index is 1250. The van der Waals surface area contributed by atoms with E-state index in [1.54, 1.807) is 20.1 Å². The third kappa shape index (κ3) is 3.78. The summed E-state index contributed by atoms with van der Waals surface area (Å²) in [5.74, 6) is 0.403. The number of aromatic nitrogens is 2. The van der Waals surface area contributed by atoms with Crippen LogP contribution in [-0.4, -0.2) is 33.6 Å². The molecular formula is C22H21N5O5. The van der Waals surface area contributed by atoms with E-state index in [1.165, 1.54) is 16.8 Å². The van der Waals surface area contributed by atoms with Crippen LogP contribution in [0.15, 0.2) is 42.5 Å². The first kappa shape index (κ1) is 21.0. The number of carbonyl (C=O) groups excluding carboxylic acids is 2. The lowest BCUT2D eigenvalue weighted by atomic mass is 10.1. The quantitative estimate of drug-likeness (QED) is 0.450. The second kappa shape index (κ2) is 8.14. The number of nitro benzene ring substituents is 1. The van der Waals surface area contributed by atoms with Gasteiger partial charge >= 0.3 is 0 Å². The highest BCUT2D eigenvalue weighted by molar-refractivity contribution is 6.04. The van der Waals surface area contributed by atoms with Crippen LogP contribution in [0.1, 0.15) is 23.7 Å². The molecule has 2 amide bonds. The molecule has 3 aromatic rings. The molecule has 10 nitrogen and oxygen atoms in total. The highest BCUT2D eigenvalue weighted by Crippen LogP contribution is 2.39. The van der Waals surface area contributed by atoms with Crippen molar-refractivity contribution in [3.63, 3.8) is 0 Å². The van der Waals surface area contributed by atoms with Crippen LogP contribution >= 0.6 is 0 Å². The topological polar surface area (TPSA) is 128 Å². The lowest BCUT2D eigenvalue weighted by Gasteiger charge is -2.11. The number of nitro groups is 1. The standard InChI is InChI=1S/C22H21N5O5/c1-12-7-8-15(27(30)31)10-17(12)23-19(28)11-18-22(29)24-21-20(13(2)25-26(18)21)14-5-4-6-16(9-14)32-3/h4-10,18H,11H2,1-3H3,(H,23,28)(H,24,29). The molecule has 164 valence electrons. The summed E-state index contributed by atoms with van der Waals surface area (Å²) in [5.41, 5.74) is 3.17. The predicted octanol–water partition coefficient (Wildman–Crippen LogP) is 3.61. The number of methoxy groups -OCH3 is 1. The van der Waals surface area contributed by atoms with Gasteiger partial charge in [0, 0.05) is 17.7 Å². The maximum absolute atomic E-state index is 12.7. The minimum atomic E-state index is -0.831. The normalized spacial score (nSPS) is 14.6. The minimum absolute atomic E-state index is 0.127. The van der Waals surface area contributed by atoms with Crippen LogP contribution in [0.2, 0.25) is 0 Å². The van der Waals surface area contributed by atoms with E-state index < -0.39 is 16.9 Å². The van der Waals surface area contributed by atoms with Crippen molar-refractivity contribution in [2.24, 2.45) is 0 Å². The Morgan fingerprint density at radius 3 is 2.78 bits per heavy atom. The van der Waals surface area contributed by atoms with E-state index in [0.29, 0.717) is 28.5 Å². The summed E-state index contributed by atoms with van der Waals surface area (Å²) >= 11 is 0. The van der Waals surface area contributed by atoms with Crippen LogP contribution in [0.4, 0.5) is 17.2 Å². The second-order valence-electron chi connectivity index (χ2n) is 7.50. The molecule has 1 aliphatic rings. The zero-order valence-electron chi connectivity index (χ0n) is 17.7. The summed E-state index contributed by atoms with van der Waals surface area (Å²) < 4.78 is 6.81. The van der Waals surface area contributed by atoms with Crippen LogP contribution in [0.5, 0.6) is 5.75 Å². The number of aryl methyl sites for hydroxylation is 2. The average Bonchev–Trinajstić information content (AvgIpc) is 3.23. The van der Waals surface area contributed by atoms with E-state index in [0.717, 1.165) is 11.1 Å². The van der Waals surface area contributed by atoms with E-state index in [2.05, 4.69) is 15.7 Å². The molecule has 1 aromatic heterocycles. The SMILES string of the molecule is COc1cccc(-c2c(C)nn3c2NC(=O)C3CC(=O)Nc2cc([N+](=O)[O-])ccc2C)c1. The molecule has 1 unspecified atom stereocenters. The van der Waals surface area contributed by atoms with Gasteiger partial charge in [-0.3, -0.25) is 19.7 Å². The van der Waals surface area contributed by atoms with Crippen molar-refractivity contribution in [2.75, 3.05) is 17.7 Å². The monoisotopic (exact) mass is 435 g/mol. The fraction of sp³-hybridized carbons (Fsp3) is 0.227. The number of amides is 2. The van der Waals surface area contributed by atoms with Crippen LogP contribution in [0, 0.1) is 24.0 Å². The number of nitrogens with one attached hydrogen (secondary N) is 2. The molecule has 2 aromatic carbocycles. The van der Waals surface area contributed by atoms with Gasteiger partial charge in [-0.1, -0.05) is 18.2 Å². The molecule has 1 aliphatic heterocycles. The van der Waals surface area contributed by atoms with Gasteiger partial charge in [-0.2, -0.15) is 5.10 Å². The molecule has 32 heavy (non-hydrogen) atoms. The number of ether oxygens (including phenoxy) is 1. The highest BCUT2D eigenvalue weighted by atomic mass is 16.6. The maximum Gasteiger partial charge on any atom is 0.271 e. The maximum atomic E-state index is 12.7. The second-order valence-corrected chi connectivity index (χ2v) is 7.50. The number of anilines is 2. The van der Waals surface area contributed by atoms with Crippen molar-refractivity contribution in [2.45, 2.75) is 26.3 Å². The lowest BCUT2D eigenvalue weighted by Crippen LogP contribution is -2.24. The van der Waals surface area contributed by atoms with E-state index in [9.17, 15) is 19.7 Å². The van der Waals surface area contributed by atoms with Crippen molar-refractivity contribution in [3.05, 3.63) is 63.8 Å². The van der Waals surface area contributed by atoms with Gasteiger partial charge in [-0.25, -0.2) is 4.68 Å². The molecule has 0 saturated carbocycles. The number of benzene rings is 2. The number of hydrogen-bond donors (Lipinski definition) is 2. The van der Waals surface area contributed by atoms with Crippen molar-refractivity contribution >= 4 is 29.0 Å². The van der Waals surface area contributed by atoms with Gasteiger partial charge in [0.15, 0.2) is 0 Å². The van der Waals surface area contributed by atoms with E-state index in [-0.39, 0.29) is 18.0 Å². The number of rotatable bonds is 6. The Morgan fingerprint density at radius 2 is 2.06 bits per heavy atom. The number of hydrogen-bond acceptors (Lipinski definition) is 6. The van der Waals surface area contributed by atoms with Crippen LogP contribution in [0.25, 0.3) is 11.1 Å². The number of fused-ring (bicyclic) bond motifs is 1. The molecule has 2 N–H and O–H groups in total. The summed E-state index contributed by atoms with van der Waals surface area (Å²) in [5, 5.41) is 21.0. The largest absolute Gasteiger partial charge is 0.497 e. The molecule has 4 rings (SSSR count). The smallest absolute Gasteiger partial charge is 0.271 e. The van der Waals surface area contributed by atoms with Gasteiger partial charge < -0.3 is 15.4 Å². The van der Waals surface area contributed by atoms with Crippen LogP contribution in [0.3, 0.4) is 0 Å². The fourth-order valence-corrected chi connectivity index (χ4v) is 3.74. The Balaban J connectivity index is 1.59. The molecule has 0 saturated heterocycles.